The monoisotopic (exact) mass is 299 g/mol. The fraction of sp³-hybridized carbons (Fsp3) is 0.308. The van der Waals surface area contributed by atoms with E-state index >= 15 is 0 Å². The van der Waals surface area contributed by atoms with E-state index in [0.717, 1.165) is 4.68 Å². The van der Waals surface area contributed by atoms with Gasteiger partial charge in [0.1, 0.15) is 5.69 Å². The summed E-state index contributed by atoms with van der Waals surface area (Å²) in [5.41, 5.74) is -1.87. The molecule has 21 heavy (non-hydrogen) atoms. The molecular formula is C13H12F3N3O2. The van der Waals surface area contributed by atoms with Gasteiger partial charge in [0, 0.05) is 0 Å². The summed E-state index contributed by atoms with van der Waals surface area (Å²) in [6.07, 6.45) is -4.87. The molecular weight excluding hydrogens is 287 g/mol. The molecule has 0 amide bonds. The molecule has 1 unspecified atom stereocenters. The van der Waals surface area contributed by atoms with Gasteiger partial charge < -0.3 is 0 Å². The molecule has 0 spiro atoms. The zero-order chi connectivity index (χ0) is 15.8. The van der Waals surface area contributed by atoms with Crippen LogP contribution in [0.15, 0.2) is 30.3 Å². The Labute approximate surface area is 118 Å². The Kier molecular flexibility index (Phi) is 3.71. The molecule has 0 radical (unpaired) electrons. The van der Waals surface area contributed by atoms with Crippen LogP contribution in [0.3, 0.4) is 0 Å². The lowest BCUT2D eigenvalue weighted by molar-refractivity contribution is -0.388. The van der Waals surface area contributed by atoms with E-state index in [1.165, 1.54) is 6.92 Å². The predicted molar refractivity (Wildman–Crippen MR) is 68.9 cm³/mol. The summed E-state index contributed by atoms with van der Waals surface area (Å²) in [6, 6.07) is 8.17. The normalized spacial score (nSPS) is 13.2. The van der Waals surface area contributed by atoms with Crippen molar-refractivity contribution in [1.82, 2.24) is 9.78 Å². The maximum absolute atomic E-state index is 12.9. The zero-order valence-electron chi connectivity index (χ0n) is 11.3. The molecule has 0 aliphatic heterocycles. The molecule has 112 valence electrons. The van der Waals surface area contributed by atoms with Gasteiger partial charge in [0.05, 0.1) is 11.0 Å². The van der Waals surface area contributed by atoms with E-state index in [2.05, 4.69) is 5.10 Å². The van der Waals surface area contributed by atoms with Crippen molar-refractivity contribution in [2.24, 2.45) is 0 Å². The third-order valence-corrected chi connectivity index (χ3v) is 3.22. The van der Waals surface area contributed by atoms with Gasteiger partial charge in [-0.15, -0.1) is 0 Å². The van der Waals surface area contributed by atoms with Gasteiger partial charge in [-0.25, -0.2) is 0 Å². The van der Waals surface area contributed by atoms with Crippen LogP contribution in [0.4, 0.5) is 18.9 Å². The van der Waals surface area contributed by atoms with Gasteiger partial charge in [-0.1, -0.05) is 30.3 Å². The van der Waals surface area contributed by atoms with Crippen molar-refractivity contribution in [3.05, 3.63) is 57.4 Å². The van der Waals surface area contributed by atoms with Crippen molar-refractivity contribution in [3.8, 4) is 0 Å². The Morgan fingerprint density at radius 1 is 1.29 bits per heavy atom. The topological polar surface area (TPSA) is 61.0 Å². The molecule has 0 aliphatic rings. The van der Waals surface area contributed by atoms with Crippen LogP contribution in [0.5, 0.6) is 0 Å². The van der Waals surface area contributed by atoms with Crippen LogP contribution in [0, 0.1) is 17.0 Å². The van der Waals surface area contributed by atoms with Crippen molar-refractivity contribution in [2.45, 2.75) is 26.1 Å². The van der Waals surface area contributed by atoms with Crippen LogP contribution < -0.4 is 0 Å². The minimum absolute atomic E-state index is 0.122. The van der Waals surface area contributed by atoms with Crippen LogP contribution in [-0.2, 0) is 6.18 Å². The number of benzene rings is 1. The minimum Gasteiger partial charge on any atom is -0.258 e. The number of aromatic nitrogens is 2. The highest BCUT2D eigenvalue weighted by Crippen LogP contribution is 2.38. The van der Waals surface area contributed by atoms with E-state index in [1.54, 1.807) is 37.3 Å². The molecule has 0 aliphatic carbocycles. The summed E-state index contributed by atoms with van der Waals surface area (Å²) >= 11 is 0. The first kappa shape index (κ1) is 15.0. The quantitative estimate of drug-likeness (QED) is 0.641. The molecule has 2 aromatic rings. The molecule has 1 aromatic heterocycles. The van der Waals surface area contributed by atoms with Gasteiger partial charge in [0.25, 0.3) is 0 Å². The van der Waals surface area contributed by atoms with E-state index in [-0.39, 0.29) is 5.69 Å². The lowest BCUT2D eigenvalue weighted by Gasteiger charge is -2.13. The Morgan fingerprint density at radius 2 is 1.86 bits per heavy atom. The second-order valence-corrected chi connectivity index (χ2v) is 4.57. The highest BCUT2D eigenvalue weighted by molar-refractivity contribution is 5.43. The van der Waals surface area contributed by atoms with Crippen molar-refractivity contribution >= 4 is 5.69 Å². The molecule has 5 nitrogen and oxygen atoms in total. The lowest BCUT2D eigenvalue weighted by Crippen LogP contribution is -2.12. The van der Waals surface area contributed by atoms with Crippen LogP contribution >= 0.6 is 0 Å². The summed E-state index contributed by atoms with van der Waals surface area (Å²) in [5, 5.41) is 14.3. The summed E-state index contributed by atoms with van der Waals surface area (Å²) in [5.74, 6) is 0. The number of alkyl halides is 3. The van der Waals surface area contributed by atoms with Gasteiger partial charge in [-0.3, -0.25) is 14.8 Å². The largest absolute Gasteiger partial charge is 0.442 e. The van der Waals surface area contributed by atoms with Gasteiger partial charge in [-0.05, 0) is 19.4 Å². The van der Waals surface area contributed by atoms with Crippen molar-refractivity contribution < 1.29 is 18.1 Å². The maximum Gasteiger partial charge on any atom is 0.442 e. The third-order valence-electron chi connectivity index (χ3n) is 3.22. The van der Waals surface area contributed by atoms with E-state index in [1.807, 2.05) is 0 Å². The third kappa shape index (κ3) is 2.74. The predicted octanol–water partition coefficient (Wildman–Crippen LogP) is 3.73. The van der Waals surface area contributed by atoms with Crippen molar-refractivity contribution in [3.63, 3.8) is 0 Å². The molecule has 1 atom stereocenters. The number of halogens is 3. The summed E-state index contributed by atoms with van der Waals surface area (Å²) in [4.78, 5) is 9.87. The average molecular weight is 299 g/mol. The second kappa shape index (κ2) is 5.19. The van der Waals surface area contributed by atoms with E-state index in [4.69, 9.17) is 0 Å². The fourth-order valence-corrected chi connectivity index (χ4v) is 2.17. The summed E-state index contributed by atoms with van der Waals surface area (Å²) < 4.78 is 39.7. The first-order chi connectivity index (χ1) is 9.73. The molecule has 0 bridgehead atoms. The number of nitro groups is 1. The molecule has 0 saturated carbocycles. The Morgan fingerprint density at radius 3 is 2.29 bits per heavy atom. The average Bonchev–Trinajstić information content (AvgIpc) is 2.76. The number of hydrogen-bond donors (Lipinski definition) is 0. The maximum atomic E-state index is 12.9. The first-order valence-corrected chi connectivity index (χ1v) is 6.09. The Bertz CT molecular complexity index is 665. The highest BCUT2D eigenvalue weighted by Gasteiger charge is 2.44. The molecule has 8 heteroatoms. The number of nitrogens with zero attached hydrogens (tertiary/aromatic N) is 3. The highest BCUT2D eigenvalue weighted by atomic mass is 19.4. The minimum atomic E-state index is -4.87. The van der Waals surface area contributed by atoms with Crippen LogP contribution in [0.2, 0.25) is 0 Å². The van der Waals surface area contributed by atoms with E-state index < -0.39 is 28.5 Å². The van der Waals surface area contributed by atoms with Gasteiger partial charge in [-0.2, -0.15) is 18.3 Å². The van der Waals surface area contributed by atoms with Crippen molar-refractivity contribution in [1.29, 1.82) is 0 Å². The fourth-order valence-electron chi connectivity index (χ4n) is 2.17. The Hall–Kier alpha value is -2.38. The second-order valence-electron chi connectivity index (χ2n) is 4.57. The molecule has 0 N–H and O–H groups in total. The van der Waals surface area contributed by atoms with Gasteiger partial charge >= 0.3 is 11.9 Å². The summed E-state index contributed by atoms with van der Waals surface area (Å²) in [6.45, 7) is 2.90. The van der Waals surface area contributed by atoms with E-state index in [9.17, 15) is 23.3 Å². The smallest absolute Gasteiger partial charge is 0.258 e. The van der Waals surface area contributed by atoms with Gasteiger partial charge in [0.2, 0.25) is 5.69 Å². The summed E-state index contributed by atoms with van der Waals surface area (Å²) in [7, 11) is 0. The number of rotatable bonds is 3. The standard InChI is InChI=1S/C13H12F3N3O2/c1-8(10-6-4-3-5-7-10)18-9(2)11(19(20)21)12(17-18)13(14,15)16/h3-8H,1-2H3. The zero-order valence-corrected chi connectivity index (χ0v) is 11.3. The Balaban J connectivity index is 2.59. The SMILES string of the molecule is Cc1c([N+](=O)[O-])c(C(F)(F)F)nn1C(C)c1ccccc1. The van der Waals surface area contributed by atoms with Gasteiger partial charge in [0.15, 0.2) is 0 Å². The van der Waals surface area contributed by atoms with E-state index in [0.29, 0.717) is 5.56 Å². The van der Waals surface area contributed by atoms with Crippen LogP contribution in [0.25, 0.3) is 0 Å². The molecule has 0 fully saturated rings. The molecule has 1 aromatic carbocycles. The molecule has 2 rings (SSSR count). The number of hydrogen-bond acceptors (Lipinski definition) is 3. The van der Waals surface area contributed by atoms with Crippen LogP contribution in [-0.4, -0.2) is 14.7 Å². The molecule has 1 heterocycles. The lowest BCUT2D eigenvalue weighted by atomic mass is 10.1. The van der Waals surface area contributed by atoms with Crippen molar-refractivity contribution in [2.75, 3.05) is 0 Å². The molecule has 0 saturated heterocycles. The first-order valence-electron chi connectivity index (χ1n) is 6.09. The van der Waals surface area contributed by atoms with Crippen LogP contribution in [0.1, 0.15) is 29.9 Å².